The molecule has 1 aromatic rings. The largest absolute Gasteiger partial charge is 0.486 e. The summed E-state index contributed by atoms with van der Waals surface area (Å²) in [6, 6.07) is 3.92. The van der Waals surface area contributed by atoms with Gasteiger partial charge in [0.05, 0.1) is 12.7 Å². The van der Waals surface area contributed by atoms with Gasteiger partial charge >= 0.3 is 0 Å². The molecule has 1 atom stereocenters. The molecule has 1 aliphatic rings. The Bertz CT molecular complexity index is 455. The van der Waals surface area contributed by atoms with Gasteiger partial charge in [-0.3, -0.25) is 4.90 Å². The number of methoxy groups -OCH3 is 1. The molecule has 1 aliphatic heterocycles. The van der Waals surface area contributed by atoms with Crippen LogP contribution >= 0.6 is 15.9 Å². The fourth-order valence-electron chi connectivity index (χ4n) is 2.19. The summed E-state index contributed by atoms with van der Waals surface area (Å²) in [5.74, 6) is 1.55. The Kier molecular flexibility index (Phi) is 5.65. The van der Waals surface area contributed by atoms with Gasteiger partial charge in [0.25, 0.3) is 0 Å². The molecule has 1 N–H and O–H groups in total. The highest BCUT2D eigenvalue weighted by Gasteiger charge is 2.16. The molecule has 2 rings (SSSR count). The number of rotatable bonds is 6. The zero-order valence-electron chi connectivity index (χ0n) is 11.8. The van der Waals surface area contributed by atoms with Crippen LogP contribution < -0.4 is 9.47 Å². The number of hydrogen-bond donors (Lipinski definition) is 1. The third-order valence-corrected chi connectivity index (χ3v) is 3.77. The van der Waals surface area contributed by atoms with Crippen LogP contribution in [0.1, 0.15) is 5.56 Å². The molecule has 0 saturated heterocycles. The van der Waals surface area contributed by atoms with Crippen LogP contribution in [0.5, 0.6) is 11.5 Å². The molecule has 6 heteroatoms. The molecule has 0 radical (unpaired) electrons. The second-order valence-corrected chi connectivity index (χ2v) is 5.75. The summed E-state index contributed by atoms with van der Waals surface area (Å²) in [6.07, 6.45) is -0.485. The fourth-order valence-corrected chi connectivity index (χ4v) is 2.64. The lowest BCUT2D eigenvalue weighted by Crippen LogP contribution is -2.31. The Labute approximate surface area is 127 Å². The van der Waals surface area contributed by atoms with Crippen LogP contribution in [-0.2, 0) is 11.3 Å². The van der Waals surface area contributed by atoms with Gasteiger partial charge in [-0.05, 0) is 24.7 Å². The van der Waals surface area contributed by atoms with Gasteiger partial charge in [0.15, 0.2) is 11.5 Å². The van der Waals surface area contributed by atoms with Crippen molar-refractivity contribution >= 4 is 15.9 Å². The van der Waals surface area contributed by atoms with Gasteiger partial charge in [0.1, 0.15) is 13.2 Å². The topological polar surface area (TPSA) is 51.2 Å². The third kappa shape index (κ3) is 4.09. The summed E-state index contributed by atoms with van der Waals surface area (Å²) in [5.41, 5.74) is 1.10. The molecule has 1 heterocycles. The van der Waals surface area contributed by atoms with E-state index in [2.05, 4.69) is 15.9 Å². The van der Waals surface area contributed by atoms with Gasteiger partial charge in [0, 0.05) is 24.7 Å². The SMILES string of the molecule is COC[C@H](O)CN(C)Cc1cc2c(cc1Br)OCCO2. The first-order valence-corrected chi connectivity index (χ1v) is 7.33. The minimum atomic E-state index is -0.485. The normalized spacial score (nSPS) is 15.4. The molecule has 0 amide bonds. The minimum Gasteiger partial charge on any atom is -0.486 e. The van der Waals surface area contributed by atoms with Gasteiger partial charge in [-0.25, -0.2) is 0 Å². The molecule has 0 spiro atoms. The Hall–Kier alpha value is -0.820. The molecule has 0 aromatic heterocycles. The average Bonchev–Trinajstić information content (AvgIpc) is 2.39. The number of hydrogen-bond acceptors (Lipinski definition) is 5. The van der Waals surface area contributed by atoms with Crippen LogP contribution in [0.4, 0.5) is 0 Å². The molecule has 1 aromatic carbocycles. The zero-order chi connectivity index (χ0) is 14.5. The summed E-state index contributed by atoms with van der Waals surface area (Å²) in [6.45, 7) is 2.76. The van der Waals surface area contributed by atoms with Crippen molar-refractivity contribution in [1.29, 1.82) is 0 Å². The van der Waals surface area contributed by atoms with Crippen molar-refractivity contribution in [2.24, 2.45) is 0 Å². The summed E-state index contributed by atoms with van der Waals surface area (Å²) >= 11 is 3.55. The van der Waals surface area contributed by atoms with Gasteiger partial charge in [-0.1, -0.05) is 15.9 Å². The van der Waals surface area contributed by atoms with E-state index in [-0.39, 0.29) is 0 Å². The predicted molar refractivity (Wildman–Crippen MR) is 79.3 cm³/mol. The third-order valence-electron chi connectivity index (χ3n) is 3.03. The number of halogens is 1. The highest BCUT2D eigenvalue weighted by Crippen LogP contribution is 2.35. The highest BCUT2D eigenvalue weighted by atomic mass is 79.9. The van der Waals surface area contributed by atoms with Crippen molar-refractivity contribution in [1.82, 2.24) is 4.90 Å². The van der Waals surface area contributed by atoms with E-state index in [0.29, 0.717) is 32.9 Å². The molecule has 5 nitrogen and oxygen atoms in total. The van der Waals surface area contributed by atoms with E-state index < -0.39 is 6.10 Å². The maximum absolute atomic E-state index is 9.74. The van der Waals surface area contributed by atoms with E-state index in [4.69, 9.17) is 14.2 Å². The first-order valence-electron chi connectivity index (χ1n) is 6.53. The Morgan fingerprint density at radius 2 is 2.00 bits per heavy atom. The quantitative estimate of drug-likeness (QED) is 0.849. The molecule has 20 heavy (non-hydrogen) atoms. The Balaban J connectivity index is 2.01. The second-order valence-electron chi connectivity index (χ2n) is 4.89. The number of likely N-dealkylation sites (N-methyl/N-ethyl adjacent to an activating group) is 1. The van der Waals surface area contributed by atoms with Gasteiger partial charge in [0.2, 0.25) is 0 Å². The smallest absolute Gasteiger partial charge is 0.162 e. The molecule has 0 aliphatic carbocycles. The zero-order valence-corrected chi connectivity index (χ0v) is 13.4. The maximum Gasteiger partial charge on any atom is 0.162 e. The highest BCUT2D eigenvalue weighted by molar-refractivity contribution is 9.10. The number of fused-ring (bicyclic) bond motifs is 1. The number of nitrogens with zero attached hydrogens (tertiary/aromatic N) is 1. The van der Waals surface area contributed by atoms with E-state index in [9.17, 15) is 5.11 Å². The van der Waals surface area contributed by atoms with Crippen molar-refractivity contribution < 1.29 is 19.3 Å². The first kappa shape index (κ1) is 15.6. The van der Waals surface area contributed by atoms with E-state index in [1.807, 2.05) is 24.1 Å². The van der Waals surface area contributed by atoms with Crippen molar-refractivity contribution in [2.45, 2.75) is 12.6 Å². The lowest BCUT2D eigenvalue weighted by atomic mass is 10.1. The first-order chi connectivity index (χ1) is 9.60. The number of aliphatic hydroxyl groups is 1. The lowest BCUT2D eigenvalue weighted by molar-refractivity contribution is 0.0418. The Morgan fingerprint density at radius 3 is 2.65 bits per heavy atom. The van der Waals surface area contributed by atoms with Crippen LogP contribution in [0.15, 0.2) is 16.6 Å². The minimum absolute atomic E-state index is 0.340. The summed E-state index contributed by atoms with van der Waals surface area (Å²) in [5, 5.41) is 9.74. The monoisotopic (exact) mass is 345 g/mol. The van der Waals surface area contributed by atoms with Crippen LogP contribution in [0.2, 0.25) is 0 Å². The molecule has 112 valence electrons. The van der Waals surface area contributed by atoms with Gasteiger partial charge in [-0.15, -0.1) is 0 Å². The molecular weight excluding hydrogens is 326 g/mol. The maximum atomic E-state index is 9.74. The molecule has 0 bridgehead atoms. The number of benzene rings is 1. The lowest BCUT2D eigenvalue weighted by Gasteiger charge is -2.23. The number of ether oxygens (including phenoxy) is 3. The molecule has 0 saturated carbocycles. The van der Waals surface area contributed by atoms with E-state index >= 15 is 0 Å². The second kappa shape index (κ2) is 7.26. The Morgan fingerprint density at radius 1 is 1.35 bits per heavy atom. The average molecular weight is 346 g/mol. The fraction of sp³-hybridized carbons (Fsp3) is 0.571. The van der Waals surface area contributed by atoms with Gasteiger partial charge in [-0.2, -0.15) is 0 Å². The van der Waals surface area contributed by atoms with Gasteiger partial charge < -0.3 is 19.3 Å². The van der Waals surface area contributed by atoms with E-state index in [0.717, 1.165) is 21.5 Å². The molecular formula is C14H20BrNO4. The number of aliphatic hydroxyl groups excluding tert-OH is 1. The van der Waals surface area contributed by atoms with Crippen molar-refractivity contribution in [3.05, 3.63) is 22.2 Å². The van der Waals surface area contributed by atoms with Crippen LogP contribution in [0, 0.1) is 0 Å². The van der Waals surface area contributed by atoms with Crippen molar-refractivity contribution in [2.75, 3.05) is 40.5 Å². The molecule has 0 fully saturated rings. The summed E-state index contributed by atoms with van der Waals surface area (Å²) in [4.78, 5) is 2.04. The summed E-state index contributed by atoms with van der Waals surface area (Å²) in [7, 11) is 3.54. The summed E-state index contributed by atoms with van der Waals surface area (Å²) < 4.78 is 17.0. The molecule has 0 unspecified atom stereocenters. The van der Waals surface area contributed by atoms with Crippen molar-refractivity contribution in [3.63, 3.8) is 0 Å². The van der Waals surface area contributed by atoms with Crippen LogP contribution in [0.25, 0.3) is 0 Å². The standard InChI is InChI=1S/C14H20BrNO4/c1-16(8-11(17)9-18-2)7-10-5-13-14(6-12(10)15)20-4-3-19-13/h5-6,11,17H,3-4,7-9H2,1-2H3/t11-/m1/s1. The predicted octanol–water partition coefficient (Wildman–Crippen LogP) is 1.66. The van der Waals surface area contributed by atoms with Crippen molar-refractivity contribution in [3.8, 4) is 11.5 Å². The van der Waals surface area contributed by atoms with E-state index in [1.54, 1.807) is 7.11 Å². The van der Waals surface area contributed by atoms with Crippen LogP contribution in [0.3, 0.4) is 0 Å². The van der Waals surface area contributed by atoms with Crippen LogP contribution in [-0.4, -0.2) is 56.6 Å². The van der Waals surface area contributed by atoms with E-state index in [1.165, 1.54) is 0 Å².